The number of ether oxygens (including phenoxy) is 1. The summed E-state index contributed by atoms with van der Waals surface area (Å²) >= 11 is 0. The minimum Gasteiger partial charge on any atom is -0.376 e. The van der Waals surface area contributed by atoms with E-state index in [9.17, 15) is 8.42 Å². The second kappa shape index (κ2) is 9.92. The van der Waals surface area contributed by atoms with E-state index < -0.39 is 10.0 Å². The van der Waals surface area contributed by atoms with Crippen LogP contribution in [0.5, 0.6) is 0 Å². The van der Waals surface area contributed by atoms with Crippen LogP contribution in [0.2, 0.25) is 0 Å². The quantitative estimate of drug-likeness (QED) is 0.303. The molecule has 192 valence electrons. The molecule has 0 atom stereocenters. The van der Waals surface area contributed by atoms with Crippen LogP contribution in [0.3, 0.4) is 0 Å². The Morgan fingerprint density at radius 1 is 0.947 bits per heavy atom. The smallest absolute Gasteiger partial charge is 0.261 e. The van der Waals surface area contributed by atoms with Gasteiger partial charge >= 0.3 is 0 Å². The monoisotopic (exact) mass is 525 g/mol. The summed E-state index contributed by atoms with van der Waals surface area (Å²) in [6.45, 7) is 3.67. The summed E-state index contributed by atoms with van der Waals surface area (Å²) in [6, 6.07) is 26.0. The summed E-state index contributed by atoms with van der Waals surface area (Å²) in [5, 5.41) is 4.25. The molecule has 0 fully saturated rings. The van der Waals surface area contributed by atoms with Gasteiger partial charge in [0.15, 0.2) is 0 Å². The first-order valence-corrected chi connectivity index (χ1v) is 13.9. The second-order valence-corrected chi connectivity index (χ2v) is 10.9. The summed E-state index contributed by atoms with van der Waals surface area (Å²) in [5.41, 5.74) is 5.29. The first-order chi connectivity index (χ1) is 18.5. The van der Waals surface area contributed by atoms with E-state index in [0.717, 1.165) is 39.2 Å². The molecule has 0 bridgehead atoms. The molecule has 1 aliphatic heterocycles. The highest BCUT2D eigenvalue weighted by Crippen LogP contribution is 2.32. The first-order valence-electron chi connectivity index (χ1n) is 12.4. The highest BCUT2D eigenvalue weighted by molar-refractivity contribution is 7.92. The molecular formula is C29H27N5O3S. The highest BCUT2D eigenvalue weighted by Gasteiger charge is 2.22. The van der Waals surface area contributed by atoms with Crippen molar-refractivity contribution in [3.8, 4) is 5.95 Å². The summed E-state index contributed by atoms with van der Waals surface area (Å²) in [7, 11) is -3.74. The van der Waals surface area contributed by atoms with Crippen LogP contribution in [0.4, 0.5) is 11.5 Å². The van der Waals surface area contributed by atoms with E-state index in [2.05, 4.69) is 22.2 Å². The lowest BCUT2D eigenvalue weighted by Gasteiger charge is -2.21. The molecule has 0 unspecified atom stereocenters. The third kappa shape index (κ3) is 4.62. The average molecular weight is 526 g/mol. The molecule has 2 N–H and O–H groups in total. The molecule has 0 saturated heterocycles. The van der Waals surface area contributed by atoms with Gasteiger partial charge in [0.1, 0.15) is 5.82 Å². The zero-order chi connectivity index (χ0) is 26.1. The van der Waals surface area contributed by atoms with Crippen LogP contribution >= 0.6 is 0 Å². The topological polar surface area (TPSA) is 98.1 Å². The second-order valence-electron chi connectivity index (χ2n) is 9.22. The number of hydrogen-bond donors (Lipinski definition) is 2. The molecule has 6 rings (SSSR count). The van der Waals surface area contributed by atoms with Crippen LogP contribution in [-0.2, 0) is 34.3 Å². The Balaban J connectivity index is 1.41. The van der Waals surface area contributed by atoms with Gasteiger partial charge in [-0.1, -0.05) is 54.6 Å². The number of fused-ring (bicyclic) bond motifs is 2. The van der Waals surface area contributed by atoms with Crippen molar-refractivity contribution in [1.82, 2.24) is 14.5 Å². The van der Waals surface area contributed by atoms with Gasteiger partial charge < -0.3 is 10.1 Å². The molecule has 3 aromatic carbocycles. The number of nitrogens with one attached hydrogen (secondary N) is 2. The molecule has 0 spiro atoms. The number of sulfonamides is 1. The Morgan fingerprint density at radius 2 is 1.71 bits per heavy atom. The molecule has 8 nitrogen and oxygen atoms in total. The van der Waals surface area contributed by atoms with Gasteiger partial charge in [-0.2, -0.15) is 4.98 Å². The lowest BCUT2D eigenvalue weighted by atomic mass is 10.1. The van der Waals surface area contributed by atoms with Crippen molar-refractivity contribution >= 4 is 32.4 Å². The number of benzene rings is 3. The van der Waals surface area contributed by atoms with E-state index in [1.54, 1.807) is 36.4 Å². The number of aryl methyl sites for hydroxylation is 1. The maximum atomic E-state index is 13.0. The van der Waals surface area contributed by atoms with Gasteiger partial charge in [-0.3, -0.25) is 9.29 Å². The Bertz CT molecular complexity index is 1720. The van der Waals surface area contributed by atoms with E-state index in [1.807, 2.05) is 47.9 Å². The van der Waals surface area contributed by atoms with Gasteiger partial charge in [-0.15, -0.1) is 0 Å². The molecule has 5 aromatic rings. The number of hydrogen-bond acceptors (Lipinski definition) is 6. The maximum Gasteiger partial charge on any atom is 0.261 e. The Hall–Kier alpha value is -4.21. The standard InChI is InChI=1S/C29H27N5O3S/c1-20-17-23-26(33-38(35,36)22-11-6-3-7-12-22)13-8-14-27(23)34(20)29-31-25-15-16-37-19-24(25)28(32-29)30-18-21-9-4-2-5-10-21/h2-14,17,33H,15-16,18-19H2,1H3,(H,30,31,32). The number of rotatable bonds is 7. The fourth-order valence-electron chi connectivity index (χ4n) is 4.77. The van der Waals surface area contributed by atoms with Crippen molar-refractivity contribution in [1.29, 1.82) is 0 Å². The molecule has 1 aliphatic rings. The van der Waals surface area contributed by atoms with E-state index in [-0.39, 0.29) is 4.90 Å². The van der Waals surface area contributed by atoms with Crippen molar-refractivity contribution < 1.29 is 13.2 Å². The summed E-state index contributed by atoms with van der Waals surface area (Å²) in [6.07, 6.45) is 0.700. The number of anilines is 2. The zero-order valence-corrected chi connectivity index (χ0v) is 21.7. The van der Waals surface area contributed by atoms with E-state index in [1.165, 1.54) is 0 Å². The van der Waals surface area contributed by atoms with Gasteiger partial charge in [-0.25, -0.2) is 13.4 Å². The van der Waals surface area contributed by atoms with Gasteiger partial charge in [0.25, 0.3) is 10.0 Å². The van der Waals surface area contributed by atoms with Gasteiger partial charge in [0.2, 0.25) is 5.95 Å². The zero-order valence-electron chi connectivity index (χ0n) is 20.9. The van der Waals surface area contributed by atoms with Crippen molar-refractivity contribution in [2.45, 2.75) is 31.4 Å². The molecule has 0 saturated carbocycles. The fourth-order valence-corrected chi connectivity index (χ4v) is 5.87. The summed E-state index contributed by atoms with van der Waals surface area (Å²) in [5.74, 6) is 1.28. The molecule has 3 heterocycles. The Kier molecular flexibility index (Phi) is 6.30. The van der Waals surface area contributed by atoms with E-state index >= 15 is 0 Å². The molecule has 2 aromatic heterocycles. The largest absolute Gasteiger partial charge is 0.376 e. The minimum atomic E-state index is -3.74. The van der Waals surface area contributed by atoms with Crippen LogP contribution in [0.1, 0.15) is 22.5 Å². The van der Waals surface area contributed by atoms with Crippen molar-refractivity contribution in [3.63, 3.8) is 0 Å². The van der Waals surface area contributed by atoms with E-state index in [0.29, 0.717) is 37.8 Å². The minimum absolute atomic E-state index is 0.211. The SMILES string of the molecule is Cc1cc2c(NS(=O)(=O)c3ccccc3)cccc2n1-c1nc2c(c(NCc3ccccc3)n1)COCC2. The van der Waals surface area contributed by atoms with Crippen molar-refractivity contribution in [3.05, 3.63) is 107 Å². The van der Waals surface area contributed by atoms with Crippen LogP contribution in [0.15, 0.2) is 89.8 Å². The van der Waals surface area contributed by atoms with Crippen LogP contribution < -0.4 is 10.0 Å². The molecule has 9 heteroatoms. The van der Waals surface area contributed by atoms with Crippen LogP contribution in [0.25, 0.3) is 16.9 Å². The Labute approximate surface area is 221 Å². The normalized spacial score (nSPS) is 13.3. The number of aromatic nitrogens is 3. The van der Waals surface area contributed by atoms with E-state index in [4.69, 9.17) is 14.7 Å². The lowest BCUT2D eigenvalue weighted by Crippen LogP contribution is -2.19. The predicted octanol–water partition coefficient (Wildman–Crippen LogP) is 5.21. The van der Waals surface area contributed by atoms with Gasteiger partial charge in [0.05, 0.1) is 35.0 Å². The van der Waals surface area contributed by atoms with Gasteiger partial charge in [-0.05, 0) is 42.8 Å². The van der Waals surface area contributed by atoms with Crippen molar-refractivity contribution in [2.75, 3.05) is 16.6 Å². The molecule has 0 radical (unpaired) electrons. The Morgan fingerprint density at radius 3 is 2.50 bits per heavy atom. The fraction of sp³-hybridized carbons (Fsp3) is 0.172. The van der Waals surface area contributed by atoms with Crippen LogP contribution in [-0.4, -0.2) is 29.6 Å². The average Bonchev–Trinajstić information content (AvgIpc) is 3.29. The predicted molar refractivity (Wildman–Crippen MR) is 148 cm³/mol. The molecular weight excluding hydrogens is 498 g/mol. The third-order valence-corrected chi connectivity index (χ3v) is 8.02. The molecule has 0 aliphatic carbocycles. The van der Waals surface area contributed by atoms with Crippen molar-refractivity contribution in [2.24, 2.45) is 0 Å². The summed E-state index contributed by atoms with van der Waals surface area (Å²) < 4.78 is 36.5. The van der Waals surface area contributed by atoms with Gasteiger partial charge in [0, 0.05) is 29.6 Å². The highest BCUT2D eigenvalue weighted by atomic mass is 32.2. The third-order valence-electron chi connectivity index (χ3n) is 6.64. The molecule has 38 heavy (non-hydrogen) atoms. The maximum absolute atomic E-state index is 13.0. The first kappa shape index (κ1) is 24.1. The summed E-state index contributed by atoms with van der Waals surface area (Å²) in [4.78, 5) is 10.1. The van der Waals surface area contributed by atoms with Crippen LogP contribution in [0, 0.1) is 6.92 Å². The number of nitrogens with zero attached hydrogens (tertiary/aromatic N) is 3. The molecule has 0 amide bonds. The lowest BCUT2D eigenvalue weighted by molar-refractivity contribution is 0.109.